The van der Waals surface area contributed by atoms with E-state index in [-0.39, 0.29) is 12.5 Å². The second kappa shape index (κ2) is 7.43. The van der Waals surface area contributed by atoms with Crippen LogP contribution in [0.15, 0.2) is 11.2 Å². The Balaban J connectivity index is 2.63. The monoisotopic (exact) mass is 288 g/mol. The van der Waals surface area contributed by atoms with Crippen molar-refractivity contribution in [2.24, 2.45) is 0 Å². The van der Waals surface area contributed by atoms with Crippen molar-refractivity contribution < 1.29 is 4.79 Å². The van der Waals surface area contributed by atoms with Gasteiger partial charge in [-0.05, 0) is 20.1 Å². The summed E-state index contributed by atoms with van der Waals surface area (Å²) < 4.78 is 0. The Labute approximate surface area is 116 Å². The summed E-state index contributed by atoms with van der Waals surface area (Å²) in [5.74, 6) is 0.611. The Bertz CT molecular complexity index is 412. The van der Waals surface area contributed by atoms with Gasteiger partial charge in [-0.15, -0.1) is 0 Å². The largest absolute Gasteiger partial charge is 0.361 e. The minimum absolute atomic E-state index is 0.0421. The fourth-order valence-corrected chi connectivity index (χ4v) is 2.05. The summed E-state index contributed by atoms with van der Waals surface area (Å²) >= 11 is 7.27. The van der Waals surface area contributed by atoms with Gasteiger partial charge in [0.2, 0.25) is 5.91 Å². The Morgan fingerprint density at radius 1 is 1.44 bits per heavy atom. The fraction of sp³-hybridized carbons (Fsp3) is 0.545. The number of thioether (sulfide) groups is 1. The van der Waals surface area contributed by atoms with Crippen molar-refractivity contribution in [3.05, 3.63) is 11.2 Å². The molecule has 0 unspecified atom stereocenters. The van der Waals surface area contributed by atoms with E-state index in [4.69, 9.17) is 11.6 Å². The van der Waals surface area contributed by atoms with Crippen LogP contribution in [0.5, 0.6) is 0 Å². The molecular weight excluding hydrogens is 272 g/mol. The molecule has 0 aliphatic heterocycles. The average molecular weight is 289 g/mol. The highest BCUT2D eigenvalue weighted by Gasteiger charge is 2.10. The van der Waals surface area contributed by atoms with Crippen molar-refractivity contribution in [1.29, 1.82) is 0 Å². The summed E-state index contributed by atoms with van der Waals surface area (Å²) in [4.78, 5) is 21.8. The second-order valence-corrected chi connectivity index (χ2v) is 4.64. The smallest absolute Gasteiger partial charge is 0.241 e. The summed E-state index contributed by atoms with van der Waals surface area (Å²) in [6.45, 7) is 5.53. The Hall–Kier alpha value is -1.01. The topological polar surface area (TPSA) is 58.1 Å². The maximum atomic E-state index is 11.8. The van der Waals surface area contributed by atoms with Gasteiger partial charge < -0.3 is 10.2 Å². The third-order valence-corrected chi connectivity index (χ3v) is 3.14. The van der Waals surface area contributed by atoms with Crippen LogP contribution in [0.25, 0.3) is 0 Å². The summed E-state index contributed by atoms with van der Waals surface area (Å²) in [5.41, 5.74) is 0. The van der Waals surface area contributed by atoms with Crippen molar-refractivity contribution in [2.75, 3.05) is 31.2 Å². The number of nitrogens with one attached hydrogen (secondary N) is 1. The molecule has 18 heavy (non-hydrogen) atoms. The highest BCUT2D eigenvalue weighted by molar-refractivity contribution is 7.98. The summed E-state index contributed by atoms with van der Waals surface area (Å²) in [6.07, 6.45) is 1.87. The molecule has 0 saturated heterocycles. The van der Waals surface area contributed by atoms with E-state index in [1.165, 1.54) is 11.8 Å². The van der Waals surface area contributed by atoms with Crippen LogP contribution in [0, 0.1) is 0 Å². The number of hydrogen-bond acceptors (Lipinski definition) is 5. The van der Waals surface area contributed by atoms with E-state index in [0.29, 0.717) is 29.2 Å². The molecule has 0 bridgehead atoms. The fourth-order valence-electron chi connectivity index (χ4n) is 1.43. The highest BCUT2D eigenvalue weighted by atomic mass is 35.5. The molecule has 1 aromatic heterocycles. The number of nitrogens with zero attached hydrogens (tertiary/aromatic N) is 3. The van der Waals surface area contributed by atoms with Gasteiger partial charge in [0.05, 0.1) is 6.54 Å². The maximum Gasteiger partial charge on any atom is 0.241 e. The van der Waals surface area contributed by atoms with E-state index in [9.17, 15) is 4.79 Å². The van der Waals surface area contributed by atoms with E-state index in [1.54, 1.807) is 11.0 Å². The first kappa shape index (κ1) is 15.0. The maximum absolute atomic E-state index is 11.8. The number of hydrogen-bond donors (Lipinski definition) is 1. The van der Waals surface area contributed by atoms with Gasteiger partial charge in [0.25, 0.3) is 0 Å². The number of carbonyl (C=O) groups excluding carboxylic acids is 1. The molecule has 0 aromatic carbocycles. The quantitative estimate of drug-likeness (QED) is 0.494. The van der Waals surface area contributed by atoms with Gasteiger partial charge in [0.15, 0.2) is 5.16 Å². The first-order valence-corrected chi connectivity index (χ1v) is 7.31. The number of aromatic nitrogens is 2. The lowest BCUT2D eigenvalue weighted by Gasteiger charge is -2.18. The molecule has 1 N–H and O–H groups in total. The van der Waals surface area contributed by atoms with Gasteiger partial charge in [0, 0.05) is 19.2 Å². The van der Waals surface area contributed by atoms with E-state index in [2.05, 4.69) is 15.3 Å². The zero-order valence-electron chi connectivity index (χ0n) is 10.7. The zero-order valence-corrected chi connectivity index (χ0v) is 12.3. The molecular formula is C11H17ClN4OS. The molecule has 0 atom stereocenters. The molecule has 0 radical (unpaired) electrons. The van der Waals surface area contributed by atoms with Gasteiger partial charge in [-0.3, -0.25) is 4.79 Å². The standard InChI is InChI=1S/C11H17ClN4OS/c1-4-16(5-2)10(17)7-13-9-6-8(12)14-11(15-9)18-3/h6H,4-5,7H2,1-3H3,(H,13,14,15). The Morgan fingerprint density at radius 3 is 2.67 bits per heavy atom. The summed E-state index contributed by atoms with van der Waals surface area (Å²) in [6, 6.07) is 1.61. The van der Waals surface area contributed by atoms with Crippen LogP contribution in [0.4, 0.5) is 5.82 Å². The van der Waals surface area contributed by atoms with Crippen molar-refractivity contribution in [1.82, 2.24) is 14.9 Å². The first-order valence-electron chi connectivity index (χ1n) is 5.70. The molecule has 0 spiro atoms. The van der Waals surface area contributed by atoms with Gasteiger partial charge in [-0.2, -0.15) is 0 Å². The number of amides is 1. The molecule has 1 aromatic rings. The van der Waals surface area contributed by atoms with E-state index < -0.39 is 0 Å². The molecule has 100 valence electrons. The predicted octanol–water partition coefficient (Wildman–Crippen LogP) is 2.13. The molecule has 0 fully saturated rings. The molecule has 7 heteroatoms. The average Bonchev–Trinajstić information content (AvgIpc) is 2.37. The van der Waals surface area contributed by atoms with E-state index in [1.807, 2.05) is 20.1 Å². The van der Waals surface area contributed by atoms with Gasteiger partial charge in [-0.1, -0.05) is 23.4 Å². The summed E-state index contributed by atoms with van der Waals surface area (Å²) in [5, 5.41) is 3.92. The van der Waals surface area contributed by atoms with Crippen LogP contribution in [0.1, 0.15) is 13.8 Å². The highest BCUT2D eigenvalue weighted by Crippen LogP contribution is 2.16. The van der Waals surface area contributed by atoms with Crippen LogP contribution in [-0.2, 0) is 4.79 Å². The number of likely N-dealkylation sites (N-methyl/N-ethyl adjacent to an activating group) is 1. The van der Waals surface area contributed by atoms with Crippen molar-refractivity contribution in [3.63, 3.8) is 0 Å². The van der Waals surface area contributed by atoms with Crippen LogP contribution >= 0.6 is 23.4 Å². The number of carbonyl (C=O) groups is 1. The van der Waals surface area contributed by atoms with Gasteiger partial charge >= 0.3 is 0 Å². The van der Waals surface area contributed by atoms with Crippen molar-refractivity contribution in [3.8, 4) is 0 Å². The lowest BCUT2D eigenvalue weighted by atomic mass is 10.4. The zero-order chi connectivity index (χ0) is 13.5. The molecule has 0 aliphatic carbocycles. The Morgan fingerprint density at radius 2 is 2.11 bits per heavy atom. The third kappa shape index (κ3) is 4.34. The molecule has 1 rings (SSSR count). The van der Waals surface area contributed by atoms with Crippen LogP contribution < -0.4 is 5.32 Å². The molecule has 1 amide bonds. The Kier molecular flexibility index (Phi) is 6.21. The normalized spacial score (nSPS) is 10.2. The molecule has 5 nitrogen and oxygen atoms in total. The van der Waals surface area contributed by atoms with Crippen molar-refractivity contribution in [2.45, 2.75) is 19.0 Å². The van der Waals surface area contributed by atoms with Gasteiger partial charge in [0.1, 0.15) is 11.0 Å². The predicted molar refractivity (Wildman–Crippen MR) is 75.2 cm³/mol. The first-order chi connectivity index (χ1) is 8.60. The minimum atomic E-state index is 0.0421. The van der Waals surface area contributed by atoms with E-state index in [0.717, 1.165) is 0 Å². The van der Waals surface area contributed by atoms with Gasteiger partial charge in [-0.25, -0.2) is 9.97 Å². The molecule has 0 aliphatic rings. The van der Waals surface area contributed by atoms with Crippen molar-refractivity contribution >= 4 is 35.1 Å². The minimum Gasteiger partial charge on any atom is -0.361 e. The number of anilines is 1. The lowest BCUT2D eigenvalue weighted by molar-refractivity contribution is -0.128. The number of halogens is 1. The van der Waals surface area contributed by atoms with Crippen LogP contribution in [-0.4, -0.2) is 46.7 Å². The SMILES string of the molecule is CCN(CC)C(=O)CNc1cc(Cl)nc(SC)n1. The number of rotatable bonds is 6. The molecule has 1 heterocycles. The lowest BCUT2D eigenvalue weighted by Crippen LogP contribution is -2.35. The summed E-state index contributed by atoms with van der Waals surface area (Å²) in [7, 11) is 0. The van der Waals surface area contributed by atoms with Crippen LogP contribution in [0.2, 0.25) is 5.15 Å². The van der Waals surface area contributed by atoms with Crippen LogP contribution in [0.3, 0.4) is 0 Å². The third-order valence-electron chi connectivity index (χ3n) is 2.39. The van der Waals surface area contributed by atoms with E-state index >= 15 is 0 Å². The molecule has 0 saturated carbocycles. The second-order valence-electron chi connectivity index (χ2n) is 3.48.